The van der Waals surface area contributed by atoms with Crippen molar-refractivity contribution in [2.45, 2.75) is 6.92 Å². The van der Waals surface area contributed by atoms with Gasteiger partial charge < -0.3 is 19.6 Å². The molecule has 0 amide bonds. The number of aromatic nitrogens is 2. The SMILES string of the molecule is COCCOc1cccc(-c2cc(-c3ccc(O)c(C)c3)[nH]c(=O)n2)c1. The van der Waals surface area contributed by atoms with Crippen LogP contribution in [-0.2, 0) is 4.74 Å². The minimum atomic E-state index is -0.436. The maximum Gasteiger partial charge on any atom is 0.345 e. The number of aromatic amines is 1. The molecule has 134 valence electrons. The molecule has 1 heterocycles. The number of H-pyrrole nitrogens is 1. The number of ether oxygens (including phenoxy) is 2. The number of aryl methyl sites for hydroxylation is 1. The molecular weight excluding hydrogens is 332 g/mol. The predicted molar refractivity (Wildman–Crippen MR) is 99.5 cm³/mol. The molecule has 2 N–H and O–H groups in total. The number of nitrogens with zero attached hydrogens (tertiary/aromatic N) is 1. The van der Waals surface area contributed by atoms with Gasteiger partial charge in [0.2, 0.25) is 0 Å². The Morgan fingerprint density at radius 1 is 1.08 bits per heavy atom. The summed E-state index contributed by atoms with van der Waals surface area (Å²) in [4.78, 5) is 18.8. The van der Waals surface area contributed by atoms with Crippen molar-refractivity contribution >= 4 is 0 Å². The maximum atomic E-state index is 12.0. The first kappa shape index (κ1) is 17.7. The van der Waals surface area contributed by atoms with Crippen LogP contribution < -0.4 is 10.4 Å². The molecule has 6 nitrogen and oxygen atoms in total. The van der Waals surface area contributed by atoms with Crippen LogP contribution in [0.15, 0.2) is 53.3 Å². The molecule has 6 heteroatoms. The van der Waals surface area contributed by atoms with E-state index in [9.17, 15) is 9.90 Å². The van der Waals surface area contributed by atoms with Crippen LogP contribution in [0.5, 0.6) is 11.5 Å². The zero-order valence-electron chi connectivity index (χ0n) is 14.7. The van der Waals surface area contributed by atoms with Gasteiger partial charge in [-0.25, -0.2) is 4.79 Å². The van der Waals surface area contributed by atoms with E-state index in [2.05, 4.69) is 9.97 Å². The molecule has 0 saturated heterocycles. The molecule has 0 spiro atoms. The minimum Gasteiger partial charge on any atom is -0.508 e. The number of nitrogens with one attached hydrogen (secondary N) is 1. The molecular formula is C20H20N2O4. The number of phenols is 1. The molecule has 0 atom stereocenters. The topological polar surface area (TPSA) is 84.4 Å². The summed E-state index contributed by atoms with van der Waals surface area (Å²) in [7, 11) is 1.62. The van der Waals surface area contributed by atoms with Crippen molar-refractivity contribution in [1.82, 2.24) is 9.97 Å². The van der Waals surface area contributed by atoms with Crippen molar-refractivity contribution in [2.75, 3.05) is 20.3 Å². The second-order valence-corrected chi connectivity index (χ2v) is 5.86. The van der Waals surface area contributed by atoms with Crippen molar-refractivity contribution in [3.8, 4) is 34.0 Å². The summed E-state index contributed by atoms with van der Waals surface area (Å²) in [6, 6.07) is 14.4. The Morgan fingerprint density at radius 2 is 1.92 bits per heavy atom. The highest BCUT2D eigenvalue weighted by atomic mass is 16.5. The summed E-state index contributed by atoms with van der Waals surface area (Å²) in [6.45, 7) is 2.75. The molecule has 0 aliphatic rings. The van der Waals surface area contributed by atoms with Gasteiger partial charge in [0.05, 0.1) is 18.0 Å². The van der Waals surface area contributed by atoms with E-state index in [1.165, 1.54) is 0 Å². The average Bonchev–Trinajstić information content (AvgIpc) is 2.64. The lowest BCUT2D eigenvalue weighted by atomic mass is 10.1. The van der Waals surface area contributed by atoms with E-state index in [1.54, 1.807) is 26.2 Å². The molecule has 0 bridgehead atoms. The first-order chi connectivity index (χ1) is 12.6. The van der Waals surface area contributed by atoms with E-state index in [-0.39, 0.29) is 5.75 Å². The van der Waals surface area contributed by atoms with Gasteiger partial charge in [-0.15, -0.1) is 0 Å². The molecule has 0 aliphatic carbocycles. The zero-order chi connectivity index (χ0) is 18.5. The third kappa shape index (κ3) is 4.10. The number of methoxy groups -OCH3 is 1. The predicted octanol–water partition coefficient (Wildman–Crippen LogP) is 3.14. The van der Waals surface area contributed by atoms with Gasteiger partial charge in [0.1, 0.15) is 18.1 Å². The van der Waals surface area contributed by atoms with Crippen molar-refractivity contribution in [2.24, 2.45) is 0 Å². The molecule has 0 fully saturated rings. The maximum absolute atomic E-state index is 12.0. The molecule has 26 heavy (non-hydrogen) atoms. The Kier molecular flexibility index (Phi) is 5.34. The van der Waals surface area contributed by atoms with Gasteiger partial charge in [0.15, 0.2) is 0 Å². The first-order valence-electron chi connectivity index (χ1n) is 8.20. The van der Waals surface area contributed by atoms with Gasteiger partial charge in [0, 0.05) is 12.7 Å². The Bertz CT molecular complexity index is 966. The first-order valence-corrected chi connectivity index (χ1v) is 8.20. The lowest BCUT2D eigenvalue weighted by Crippen LogP contribution is -2.12. The monoisotopic (exact) mass is 352 g/mol. The van der Waals surface area contributed by atoms with Crippen LogP contribution in [0.2, 0.25) is 0 Å². The van der Waals surface area contributed by atoms with E-state index < -0.39 is 5.69 Å². The van der Waals surface area contributed by atoms with Crippen molar-refractivity contribution in [3.63, 3.8) is 0 Å². The fraction of sp³-hybridized carbons (Fsp3) is 0.200. The number of benzene rings is 2. The van der Waals surface area contributed by atoms with Crippen molar-refractivity contribution < 1.29 is 14.6 Å². The lowest BCUT2D eigenvalue weighted by molar-refractivity contribution is 0.146. The molecule has 0 saturated carbocycles. The van der Waals surface area contributed by atoms with Gasteiger partial charge >= 0.3 is 5.69 Å². The third-order valence-electron chi connectivity index (χ3n) is 3.94. The van der Waals surface area contributed by atoms with Crippen LogP contribution in [0.25, 0.3) is 22.5 Å². The third-order valence-corrected chi connectivity index (χ3v) is 3.94. The van der Waals surface area contributed by atoms with E-state index in [0.29, 0.717) is 30.4 Å². The van der Waals surface area contributed by atoms with Gasteiger partial charge in [-0.3, -0.25) is 0 Å². The summed E-state index contributed by atoms with van der Waals surface area (Å²) in [6.07, 6.45) is 0. The molecule has 0 unspecified atom stereocenters. The molecule has 3 aromatic rings. The Hall–Kier alpha value is -3.12. The number of hydrogen-bond donors (Lipinski definition) is 2. The summed E-state index contributed by atoms with van der Waals surface area (Å²) >= 11 is 0. The van der Waals surface area contributed by atoms with Crippen LogP contribution in [0.3, 0.4) is 0 Å². The fourth-order valence-corrected chi connectivity index (χ4v) is 2.57. The zero-order valence-corrected chi connectivity index (χ0v) is 14.7. The highest BCUT2D eigenvalue weighted by Gasteiger charge is 2.08. The number of phenolic OH excluding ortho intramolecular Hbond substituents is 1. The molecule has 1 aromatic heterocycles. The normalized spacial score (nSPS) is 10.7. The quantitative estimate of drug-likeness (QED) is 0.666. The molecule has 0 radical (unpaired) electrons. The number of rotatable bonds is 6. The Morgan fingerprint density at radius 3 is 2.69 bits per heavy atom. The van der Waals surface area contributed by atoms with Crippen LogP contribution in [0, 0.1) is 6.92 Å². The molecule has 2 aromatic carbocycles. The van der Waals surface area contributed by atoms with E-state index >= 15 is 0 Å². The van der Waals surface area contributed by atoms with Crippen molar-refractivity contribution in [3.05, 3.63) is 64.6 Å². The Balaban J connectivity index is 1.96. The number of hydrogen-bond acceptors (Lipinski definition) is 5. The summed E-state index contributed by atoms with van der Waals surface area (Å²) in [5.41, 5.74) is 3.06. The Labute approximate surface area is 151 Å². The van der Waals surface area contributed by atoms with Gasteiger partial charge in [-0.1, -0.05) is 12.1 Å². The van der Waals surface area contributed by atoms with Gasteiger partial charge in [-0.2, -0.15) is 4.98 Å². The average molecular weight is 352 g/mol. The van der Waals surface area contributed by atoms with Crippen molar-refractivity contribution in [1.29, 1.82) is 0 Å². The highest BCUT2D eigenvalue weighted by Crippen LogP contribution is 2.27. The van der Waals surface area contributed by atoms with Gasteiger partial charge in [-0.05, 0) is 54.4 Å². The van der Waals surface area contributed by atoms with E-state index in [1.807, 2.05) is 36.4 Å². The van der Waals surface area contributed by atoms with Crippen LogP contribution in [0.1, 0.15) is 5.56 Å². The summed E-state index contributed by atoms with van der Waals surface area (Å²) < 4.78 is 10.6. The van der Waals surface area contributed by atoms with E-state index in [0.717, 1.165) is 16.7 Å². The molecule has 3 rings (SSSR count). The lowest BCUT2D eigenvalue weighted by Gasteiger charge is -2.09. The standard InChI is InChI=1S/C20H20N2O4/c1-13-10-15(6-7-19(13)23)18-12-17(21-20(24)22-18)14-4-3-5-16(11-14)26-9-8-25-2/h3-7,10-12,23H,8-9H2,1-2H3,(H,21,22,24). The highest BCUT2D eigenvalue weighted by molar-refractivity contribution is 5.69. The van der Waals surface area contributed by atoms with Crippen LogP contribution >= 0.6 is 0 Å². The fourth-order valence-electron chi connectivity index (χ4n) is 2.57. The summed E-state index contributed by atoms with van der Waals surface area (Å²) in [5.74, 6) is 0.898. The summed E-state index contributed by atoms with van der Waals surface area (Å²) in [5, 5.41) is 9.69. The minimum absolute atomic E-state index is 0.214. The number of aromatic hydroxyl groups is 1. The van der Waals surface area contributed by atoms with E-state index in [4.69, 9.17) is 9.47 Å². The second-order valence-electron chi connectivity index (χ2n) is 5.86. The van der Waals surface area contributed by atoms with Crippen LogP contribution in [-0.4, -0.2) is 35.4 Å². The van der Waals surface area contributed by atoms with Crippen LogP contribution in [0.4, 0.5) is 0 Å². The van der Waals surface area contributed by atoms with Gasteiger partial charge in [0.25, 0.3) is 0 Å². The second kappa shape index (κ2) is 7.84. The largest absolute Gasteiger partial charge is 0.508 e. The smallest absolute Gasteiger partial charge is 0.345 e. The molecule has 0 aliphatic heterocycles.